The number of hydrogen-bond donors (Lipinski definition) is 1. The lowest BCUT2D eigenvalue weighted by Gasteiger charge is -2.22. The second kappa shape index (κ2) is 5.35. The second-order valence-corrected chi connectivity index (χ2v) is 3.54. The first-order valence-electron chi connectivity index (χ1n) is 5.16. The molecule has 0 aromatic carbocycles. The lowest BCUT2D eigenvalue weighted by atomic mass is 10.2. The zero-order valence-corrected chi connectivity index (χ0v) is 8.82. The highest BCUT2D eigenvalue weighted by molar-refractivity contribution is 6.35. The van der Waals surface area contributed by atoms with Crippen molar-refractivity contribution in [1.82, 2.24) is 10.2 Å². The summed E-state index contributed by atoms with van der Waals surface area (Å²) in [6.45, 7) is 2.54. The highest BCUT2D eigenvalue weighted by atomic mass is 16.2. The molecule has 82 valence electrons. The van der Waals surface area contributed by atoms with Crippen LogP contribution in [-0.4, -0.2) is 35.8 Å². The Morgan fingerprint density at radius 1 is 1.60 bits per heavy atom. The highest BCUT2D eigenvalue weighted by Gasteiger charge is 2.30. The minimum atomic E-state index is -0.670. The minimum Gasteiger partial charge on any atom is -0.335 e. The predicted octanol–water partition coefficient (Wildman–Crippen LogP) is 0.0272. The molecule has 5 nitrogen and oxygen atoms in total. The smallest absolute Gasteiger partial charge is 0.312 e. The average Bonchev–Trinajstić information content (AvgIpc) is 2.72. The average molecular weight is 209 g/mol. The van der Waals surface area contributed by atoms with Gasteiger partial charge in [0.2, 0.25) is 0 Å². The summed E-state index contributed by atoms with van der Waals surface area (Å²) in [4.78, 5) is 24.5. The summed E-state index contributed by atoms with van der Waals surface area (Å²) in [6.07, 6.45) is 2.79. The second-order valence-electron chi connectivity index (χ2n) is 3.54. The standard InChI is InChI=1S/C10H15N3O2/c1-2-8-4-3-7-13(8)10(15)9(14)12-6-5-11/h8H,2-4,6-7H2,1H3,(H,12,14). The third kappa shape index (κ3) is 2.69. The van der Waals surface area contributed by atoms with Crippen molar-refractivity contribution in [2.75, 3.05) is 13.1 Å². The van der Waals surface area contributed by atoms with E-state index in [4.69, 9.17) is 5.26 Å². The first-order chi connectivity index (χ1) is 7.20. The van der Waals surface area contributed by atoms with Crippen LogP contribution >= 0.6 is 0 Å². The number of likely N-dealkylation sites (tertiary alicyclic amines) is 1. The Kier molecular flexibility index (Phi) is 4.10. The van der Waals surface area contributed by atoms with E-state index in [1.807, 2.05) is 6.92 Å². The van der Waals surface area contributed by atoms with Crippen LogP contribution in [-0.2, 0) is 9.59 Å². The molecule has 0 aromatic rings. The van der Waals surface area contributed by atoms with Gasteiger partial charge in [0.05, 0.1) is 6.07 Å². The molecule has 0 radical (unpaired) electrons. The Bertz CT molecular complexity index is 296. The number of amides is 2. The molecule has 0 aliphatic carbocycles. The SMILES string of the molecule is CCC1CCCN1C(=O)C(=O)NCC#N. The summed E-state index contributed by atoms with van der Waals surface area (Å²) in [5, 5.41) is 10.5. The number of carbonyl (C=O) groups is 2. The van der Waals surface area contributed by atoms with Crippen LogP contribution in [0.1, 0.15) is 26.2 Å². The molecule has 15 heavy (non-hydrogen) atoms. The van der Waals surface area contributed by atoms with Gasteiger partial charge >= 0.3 is 11.8 Å². The molecular formula is C10H15N3O2. The highest BCUT2D eigenvalue weighted by Crippen LogP contribution is 2.19. The molecule has 0 aromatic heterocycles. The van der Waals surface area contributed by atoms with Crippen molar-refractivity contribution in [2.24, 2.45) is 0 Å². The van der Waals surface area contributed by atoms with Crippen molar-refractivity contribution in [3.8, 4) is 6.07 Å². The summed E-state index contributed by atoms with van der Waals surface area (Å²) in [5.74, 6) is -1.17. The van der Waals surface area contributed by atoms with Crippen LogP contribution in [0.4, 0.5) is 0 Å². The Labute approximate surface area is 89.0 Å². The molecule has 1 aliphatic heterocycles. The molecule has 1 aliphatic rings. The number of nitrogens with zero attached hydrogens (tertiary/aromatic N) is 2. The largest absolute Gasteiger partial charge is 0.335 e. The molecule has 0 spiro atoms. The Morgan fingerprint density at radius 2 is 2.33 bits per heavy atom. The molecule has 1 saturated heterocycles. The van der Waals surface area contributed by atoms with Crippen molar-refractivity contribution in [3.63, 3.8) is 0 Å². The summed E-state index contributed by atoms with van der Waals surface area (Å²) in [5.41, 5.74) is 0. The maximum atomic E-state index is 11.6. The first-order valence-corrected chi connectivity index (χ1v) is 5.16. The van der Waals surface area contributed by atoms with Gasteiger partial charge in [0.15, 0.2) is 0 Å². The Balaban J connectivity index is 2.52. The third-order valence-electron chi connectivity index (χ3n) is 2.63. The van der Waals surface area contributed by atoms with E-state index < -0.39 is 11.8 Å². The molecule has 0 saturated carbocycles. The van der Waals surface area contributed by atoms with Crippen molar-refractivity contribution < 1.29 is 9.59 Å². The normalized spacial score (nSPS) is 19.7. The summed E-state index contributed by atoms with van der Waals surface area (Å²) >= 11 is 0. The van der Waals surface area contributed by atoms with Crippen molar-refractivity contribution in [2.45, 2.75) is 32.2 Å². The number of rotatable bonds is 2. The lowest BCUT2D eigenvalue weighted by Crippen LogP contribution is -2.45. The van der Waals surface area contributed by atoms with E-state index in [-0.39, 0.29) is 12.6 Å². The predicted molar refractivity (Wildman–Crippen MR) is 53.6 cm³/mol. The summed E-state index contributed by atoms with van der Waals surface area (Å²) in [6, 6.07) is 1.95. The molecule has 1 unspecified atom stereocenters. The molecule has 1 atom stereocenters. The van der Waals surface area contributed by atoms with Gasteiger partial charge < -0.3 is 10.2 Å². The molecule has 2 amide bonds. The van der Waals surface area contributed by atoms with Gasteiger partial charge in [-0.2, -0.15) is 5.26 Å². The van der Waals surface area contributed by atoms with Crippen LogP contribution < -0.4 is 5.32 Å². The third-order valence-corrected chi connectivity index (χ3v) is 2.63. The van der Waals surface area contributed by atoms with E-state index in [2.05, 4.69) is 5.32 Å². The van der Waals surface area contributed by atoms with Crippen LogP contribution in [0.15, 0.2) is 0 Å². The van der Waals surface area contributed by atoms with E-state index in [0.29, 0.717) is 6.54 Å². The minimum absolute atomic E-state index is 0.116. The topological polar surface area (TPSA) is 73.2 Å². The molecular weight excluding hydrogens is 194 g/mol. The van der Waals surface area contributed by atoms with Gasteiger partial charge in [0.25, 0.3) is 0 Å². The van der Waals surface area contributed by atoms with Gasteiger partial charge in [-0.15, -0.1) is 0 Å². The molecule has 1 heterocycles. The van der Waals surface area contributed by atoms with Crippen LogP contribution in [0.25, 0.3) is 0 Å². The monoisotopic (exact) mass is 209 g/mol. The molecule has 0 bridgehead atoms. The fraction of sp³-hybridized carbons (Fsp3) is 0.700. The molecule has 1 fully saturated rings. The fourth-order valence-corrected chi connectivity index (χ4v) is 1.85. The van der Waals surface area contributed by atoms with E-state index >= 15 is 0 Å². The summed E-state index contributed by atoms with van der Waals surface area (Å²) < 4.78 is 0. The van der Waals surface area contributed by atoms with Crippen molar-refractivity contribution in [1.29, 1.82) is 5.26 Å². The maximum Gasteiger partial charge on any atom is 0.312 e. The molecule has 1 N–H and O–H groups in total. The number of nitrogens with one attached hydrogen (secondary N) is 1. The molecule has 5 heteroatoms. The number of hydrogen-bond acceptors (Lipinski definition) is 3. The van der Waals surface area contributed by atoms with Gasteiger partial charge in [0.1, 0.15) is 6.54 Å². The zero-order chi connectivity index (χ0) is 11.3. The number of carbonyl (C=O) groups excluding carboxylic acids is 2. The quantitative estimate of drug-likeness (QED) is 0.515. The van der Waals surface area contributed by atoms with Crippen molar-refractivity contribution in [3.05, 3.63) is 0 Å². The van der Waals surface area contributed by atoms with Gasteiger partial charge in [-0.1, -0.05) is 6.92 Å². The maximum absolute atomic E-state index is 11.6. The van der Waals surface area contributed by atoms with Crippen LogP contribution in [0.2, 0.25) is 0 Å². The number of nitriles is 1. The van der Waals surface area contributed by atoms with Gasteiger partial charge in [-0.3, -0.25) is 9.59 Å². The zero-order valence-electron chi connectivity index (χ0n) is 8.82. The van der Waals surface area contributed by atoms with Crippen LogP contribution in [0, 0.1) is 11.3 Å². The van der Waals surface area contributed by atoms with Crippen LogP contribution in [0.3, 0.4) is 0 Å². The Morgan fingerprint density at radius 3 is 2.93 bits per heavy atom. The van der Waals surface area contributed by atoms with Gasteiger partial charge in [-0.05, 0) is 19.3 Å². The van der Waals surface area contributed by atoms with Crippen molar-refractivity contribution >= 4 is 11.8 Å². The van der Waals surface area contributed by atoms with E-state index in [0.717, 1.165) is 19.3 Å². The van der Waals surface area contributed by atoms with E-state index in [1.54, 1.807) is 11.0 Å². The van der Waals surface area contributed by atoms with Gasteiger partial charge in [-0.25, -0.2) is 0 Å². The van der Waals surface area contributed by atoms with Gasteiger partial charge in [0, 0.05) is 12.6 Å². The van der Waals surface area contributed by atoms with E-state index in [1.165, 1.54) is 0 Å². The Hall–Kier alpha value is -1.57. The lowest BCUT2D eigenvalue weighted by molar-refractivity contribution is -0.146. The summed E-state index contributed by atoms with van der Waals surface area (Å²) in [7, 11) is 0. The van der Waals surface area contributed by atoms with E-state index in [9.17, 15) is 9.59 Å². The first kappa shape index (κ1) is 11.5. The fourth-order valence-electron chi connectivity index (χ4n) is 1.85. The van der Waals surface area contributed by atoms with Crippen LogP contribution in [0.5, 0.6) is 0 Å². The molecule has 1 rings (SSSR count).